The summed E-state index contributed by atoms with van der Waals surface area (Å²) in [7, 11) is 1.53. The van der Waals surface area contributed by atoms with Crippen LogP contribution >= 0.6 is 23.2 Å². The number of carboxylic acid groups (broad SMARTS) is 1. The molecule has 7 rings (SSSR count). The maximum absolute atomic E-state index is 11.3. The number of carbonyl (C=O) groups is 1. The van der Waals surface area contributed by atoms with Gasteiger partial charge in [0, 0.05) is 34.9 Å². The zero-order chi connectivity index (χ0) is 27.2. The van der Waals surface area contributed by atoms with E-state index >= 15 is 0 Å². The second-order valence-electron chi connectivity index (χ2n) is 11.2. The van der Waals surface area contributed by atoms with Crippen LogP contribution in [-0.4, -0.2) is 34.9 Å². The van der Waals surface area contributed by atoms with Crippen LogP contribution in [0, 0.1) is 10.8 Å². The summed E-state index contributed by atoms with van der Waals surface area (Å²) in [5, 5.41) is 14.6. The number of hydrogen-bond acceptors (Lipinski definition) is 6. The van der Waals surface area contributed by atoms with Crippen molar-refractivity contribution in [2.45, 2.75) is 57.3 Å². The van der Waals surface area contributed by atoms with Crippen molar-refractivity contribution in [1.29, 1.82) is 0 Å². The largest absolute Gasteiger partial charge is 0.493 e. The van der Waals surface area contributed by atoms with Crippen LogP contribution in [0.1, 0.15) is 79.0 Å². The number of carboxylic acids is 1. The molecule has 2 aromatic heterocycles. The number of rotatable bonds is 9. The van der Waals surface area contributed by atoms with Gasteiger partial charge >= 0.3 is 5.97 Å². The Kier molecular flexibility index (Phi) is 6.84. The van der Waals surface area contributed by atoms with Crippen molar-refractivity contribution in [1.82, 2.24) is 10.1 Å². The molecule has 204 valence electrons. The fraction of sp³-hybridized carbons (Fsp3) is 0.433. The van der Waals surface area contributed by atoms with Gasteiger partial charge in [0.1, 0.15) is 11.5 Å². The lowest BCUT2D eigenvalue weighted by molar-refractivity contribution is -0.0127. The number of hydrogen-bond donors (Lipinski definition) is 1. The predicted octanol–water partition coefficient (Wildman–Crippen LogP) is 8.06. The van der Waals surface area contributed by atoms with Gasteiger partial charge in [-0.1, -0.05) is 40.5 Å². The van der Waals surface area contributed by atoms with Crippen LogP contribution in [0.5, 0.6) is 11.5 Å². The Hall–Kier alpha value is -3.03. The highest BCUT2D eigenvalue weighted by molar-refractivity contribution is 6.39. The molecule has 0 unspecified atom stereocenters. The fourth-order valence-corrected chi connectivity index (χ4v) is 6.64. The summed E-state index contributed by atoms with van der Waals surface area (Å²) in [5.74, 6) is 1.35. The van der Waals surface area contributed by atoms with E-state index in [4.69, 9.17) is 37.2 Å². The molecule has 0 amide bonds. The van der Waals surface area contributed by atoms with Gasteiger partial charge in [0.25, 0.3) is 0 Å². The highest BCUT2D eigenvalue weighted by Crippen LogP contribution is 2.58. The number of nitrogens with zero attached hydrogens (tertiary/aromatic N) is 2. The minimum absolute atomic E-state index is 0.117. The first-order chi connectivity index (χ1) is 18.8. The molecular weight excluding hydrogens is 539 g/mol. The summed E-state index contributed by atoms with van der Waals surface area (Å²) >= 11 is 13.0. The van der Waals surface area contributed by atoms with E-state index in [1.54, 1.807) is 24.5 Å². The van der Waals surface area contributed by atoms with Gasteiger partial charge in [-0.2, -0.15) is 0 Å². The molecule has 3 aromatic rings. The summed E-state index contributed by atoms with van der Waals surface area (Å²) in [5.41, 5.74) is 2.74. The van der Waals surface area contributed by atoms with Crippen LogP contribution in [0.4, 0.5) is 0 Å². The average molecular weight is 569 g/mol. The molecule has 39 heavy (non-hydrogen) atoms. The molecule has 1 N–H and O–H groups in total. The third-order valence-electron chi connectivity index (χ3n) is 8.80. The van der Waals surface area contributed by atoms with Gasteiger partial charge < -0.3 is 19.1 Å². The quantitative estimate of drug-likeness (QED) is 0.279. The van der Waals surface area contributed by atoms with E-state index in [1.165, 1.54) is 13.2 Å². The topological polar surface area (TPSA) is 94.7 Å². The van der Waals surface area contributed by atoms with Crippen LogP contribution in [0.15, 0.2) is 41.2 Å². The summed E-state index contributed by atoms with van der Waals surface area (Å²) < 4.78 is 17.4. The third kappa shape index (κ3) is 5.03. The molecule has 0 saturated heterocycles. The van der Waals surface area contributed by atoms with Crippen LogP contribution in [0.3, 0.4) is 0 Å². The van der Waals surface area contributed by atoms with Crippen molar-refractivity contribution in [3.8, 4) is 22.8 Å². The molecule has 2 heterocycles. The van der Waals surface area contributed by atoms with Crippen LogP contribution in [0.2, 0.25) is 10.0 Å². The van der Waals surface area contributed by atoms with Crippen molar-refractivity contribution < 1.29 is 23.9 Å². The molecular formula is C30H30Cl2N2O5. The Morgan fingerprint density at radius 2 is 1.79 bits per heavy atom. The van der Waals surface area contributed by atoms with Crippen LogP contribution < -0.4 is 9.47 Å². The molecule has 9 heteroatoms. The minimum atomic E-state index is -0.989. The first-order valence-electron chi connectivity index (χ1n) is 13.3. The summed E-state index contributed by atoms with van der Waals surface area (Å²) in [6.45, 7) is 0.593. The standard InChI is InChI=1S/C30H30Cl2N2O5/c1-37-24-14-19(28(35)36)4-5-23(24)38-17-30-11-8-29(9-12-30,10-13-30)7-6-20-26(34-39-27(20)18-2-3-18)25-21(31)15-33-16-22(25)32/h4-7,14-16,18H,2-3,8-13,17H2,1H3,(H,35,36). The lowest BCUT2D eigenvalue weighted by atomic mass is 9.54. The Morgan fingerprint density at radius 3 is 2.41 bits per heavy atom. The molecule has 0 aliphatic heterocycles. The van der Waals surface area contributed by atoms with Gasteiger partial charge in [-0.25, -0.2) is 4.79 Å². The highest BCUT2D eigenvalue weighted by Gasteiger charge is 2.48. The smallest absolute Gasteiger partial charge is 0.335 e. The van der Waals surface area contributed by atoms with E-state index < -0.39 is 5.97 Å². The van der Waals surface area contributed by atoms with E-state index in [0.29, 0.717) is 45.3 Å². The zero-order valence-corrected chi connectivity index (χ0v) is 23.2. The molecule has 1 aromatic carbocycles. The van der Waals surface area contributed by atoms with E-state index in [2.05, 4.69) is 22.3 Å². The molecule has 4 aliphatic carbocycles. The Balaban J connectivity index is 1.18. The van der Waals surface area contributed by atoms with Crippen molar-refractivity contribution in [2.75, 3.05) is 13.7 Å². The first-order valence-corrected chi connectivity index (χ1v) is 14.1. The van der Waals surface area contributed by atoms with E-state index in [-0.39, 0.29) is 16.4 Å². The highest BCUT2D eigenvalue weighted by atomic mass is 35.5. The maximum atomic E-state index is 11.3. The zero-order valence-electron chi connectivity index (χ0n) is 21.7. The lowest BCUT2D eigenvalue weighted by Crippen LogP contribution is -2.43. The number of pyridine rings is 1. The van der Waals surface area contributed by atoms with Crippen molar-refractivity contribution in [3.05, 3.63) is 63.6 Å². The van der Waals surface area contributed by atoms with Gasteiger partial charge in [0.2, 0.25) is 0 Å². The summed E-state index contributed by atoms with van der Waals surface area (Å²) in [6.07, 6.45) is 16.4. The number of aromatic carboxylic acids is 1. The number of benzene rings is 1. The molecule has 4 aliphatic rings. The number of allylic oxidation sites excluding steroid dienone is 1. The first kappa shape index (κ1) is 26.2. The third-order valence-corrected chi connectivity index (χ3v) is 9.38. The fourth-order valence-electron chi connectivity index (χ4n) is 6.10. The number of ether oxygens (including phenoxy) is 2. The Bertz CT molecular complexity index is 1400. The van der Waals surface area contributed by atoms with Crippen LogP contribution in [-0.2, 0) is 0 Å². The second-order valence-corrected chi connectivity index (χ2v) is 12.0. The lowest BCUT2D eigenvalue weighted by Gasteiger charge is -2.52. The van der Waals surface area contributed by atoms with E-state index in [0.717, 1.165) is 62.7 Å². The molecule has 0 spiro atoms. The number of fused-ring (bicyclic) bond motifs is 3. The molecule has 7 nitrogen and oxygen atoms in total. The second kappa shape index (κ2) is 10.2. The van der Waals surface area contributed by atoms with E-state index in [1.807, 2.05) is 0 Å². The van der Waals surface area contributed by atoms with Gasteiger partial charge in [0.15, 0.2) is 11.5 Å². The number of aromatic nitrogens is 2. The average Bonchev–Trinajstić information content (AvgIpc) is 3.71. The normalized spacial score (nSPS) is 24.3. The molecule has 4 fully saturated rings. The van der Waals surface area contributed by atoms with Gasteiger partial charge in [-0.05, 0) is 75.0 Å². The summed E-state index contributed by atoms with van der Waals surface area (Å²) in [6, 6.07) is 4.75. The van der Waals surface area contributed by atoms with Gasteiger partial charge in [-0.15, -0.1) is 0 Å². The van der Waals surface area contributed by atoms with Crippen molar-refractivity contribution in [3.63, 3.8) is 0 Å². The monoisotopic (exact) mass is 568 g/mol. The van der Waals surface area contributed by atoms with Crippen molar-refractivity contribution in [2.24, 2.45) is 10.8 Å². The minimum Gasteiger partial charge on any atom is -0.493 e. The Labute approximate surface area is 237 Å². The molecule has 0 atom stereocenters. The summed E-state index contributed by atoms with van der Waals surface area (Å²) in [4.78, 5) is 15.4. The molecule has 0 radical (unpaired) electrons. The van der Waals surface area contributed by atoms with E-state index in [9.17, 15) is 9.90 Å². The number of methoxy groups -OCH3 is 1. The van der Waals surface area contributed by atoms with Gasteiger partial charge in [0.05, 0.1) is 29.3 Å². The maximum Gasteiger partial charge on any atom is 0.335 e. The SMILES string of the molecule is COc1cc(C(=O)O)ccc1OCC12CCC(C=Cc3c(-c4c(Cl)cncc4Cl)noc3C3CC3)(CC1)CC2. The predicted molar refractivity (Wildman–Crippen MR) is 149 cm³/mol. The Morgan fingerprint density at radius 1 is 1.10 bits per heavy atom. The van der Waals surface area contributed by atoms with Gasteiger partial charge in [-0.3, -0.25) is 4.98 Å². The van der Waals surface area contributed by atoms with Crippen LogP contribution in [0.25, 0.3) is 17.3 Å². The number of halogens is 2. The molecule has 2 bridgehead atoms. The molecule has 4 saturated carbocycles. The van der Waals surface area contributed by atoms with Crippen molar-refractivity contribution >= 4 is 35.2 Å².